The molecule has 72 valence electrons. The third kappa shape index (κ3) is 5.04. The molecular weight excluding hydrogens is 170 g/mol. The molecule has 0 rings (SSSR count). The monoisotopic (exact) mass is 182 g/mol. The number of nitrogens with one attached hydrogen (secondary N) is 1. The van der Waals surface area contributed by atoms with E-state index >= 15 is 0 Å². The van der Waals surface area contributed by atoms with Crippen molar-refractivity contribution in [3.8, 4) is 0 Å². The van der Waals surface area contributed by atoms with Crippen LogP contribution in [0.3, 0.4) is 0 Å². The van der Waals surface area contributed by atoms with Gasteiger partial charge >= 0.3 is 6.98 Å². The molecule has 0 atom stereocenters. The summed E-state index contributed by atoms with van der Waals surface area (Å²) in [4.78, 5) is 10.9. The minimum Gasteiger partial charge on any atom is -0.448 e. The van der Waals surface area contributed by atoms with Crippen LogP contribution in [0.2, 0.25) is 0 Å². The molecule has 6 heteroatoms. The SMILES string of the molecule is CC(C)(C)C(=O)NC[B-](F)(F)F. The molecule has 0 aromatic rings. The summed E-state index contributed by atoms with van der Waals surface area (Å²) < 4.78 is 35.0. The van der Waals surface area contributed by atoms with Crippen LogP contribution in [0.5, 0.6) is 0 Å². The second-order valence-corrected chi connectivity index (χ2v) is 3.67. The molecule has 0 aliphatic rings. The van der Waals surface area contributed by atoms with Crippen molar-refractivity contribution in [2.75, 3.05) is 6.44 Å². The Labute approximate surface area is 69.6 Å². The summed E-state index contributed by atoms with van der Waals surface area (Å²) in [6.45, 7) is -0.233. The van der Waals surface area contributed by atoms with Crippen molar-refractivity contribution in [1.82, 2.24) is 5.32 Å². The van der Waals surface area contributed by atoms with Crippen LogP contribution < -0.4 is 5.32 Å². The molecular formula is C6H12BF3NO-. The summed E-state index contributed by atoms with van der Waals surface area (Å²) in [7, 11) is 0. The molecule has 0 aromatic heterocycles. The fourth-order valence-electron chi connectivity index (χ4n) is 0.474. The van der Waals surface area contributed by atoms with E-state index in [0.717, 1.165) is 0 Å². The second-order valence-electron chi connectivity index (χ2n) is 3.67. The molecule has 0 radical (unpaired) electrons. The molecule has 0 bridgehead atoms. The Bertz CT molecular complexity index is 173. The van der Waals surface area contributed by atoms with Crippen LogP contribution in [-0.4, -0.2) is 19.3 Å². The highest BCUT2D eigenvalue weighted by Gasteiger charge is 2.27. The molecule has 1 N–H and O–H groups in total. The van der Waals surface area contributed by atoms with Gasteiger partial charge in [0, 0.05) is 5.41 Å². The quantitative estimate of drug-likeness (QED) is 0.644. The van der Waals surface area contributed by atoms with E-state index in [4.69, 9.17) is 0 Å². The summed E-state index contributed by atoms with van der Waals surface area (Å²) in [6, 6.07) is 0. The van der Waals surface area contributed by atoms with Crippen molar-refractivity contribution in [3.05, 3.63) is 0 Å². The number of hydrogen-bond donors (Lipinski definition) is 1. The predicted octanol–water partition coefficient (Wildman–Crippen LogP) is 1.54. The van der Waals surface area contributed by atoms with Crippen LogP contribution >= 0.6 is 0 Å². The van der Waals surface area contributed by atoms with Gasteiger partial charge in [-0.15, -0.1) is 0 Å². The molecule has 2 nitrogen and oxygen atoms in total. The lowest BCUT2D eigenvalue weighted by Crippen LogP contribution is -2.42. The van der Waals surface area contributed by atoms with Gasteiger partial charge in [0.2, 0.25) is 5.91 Å². The Hall–Kier alpha value is -0.675. The predicted molar refractivity (Wildman–Crippen MR) is 41.5 cm³/mol. The summed E-state index contributed by atoms with van der Waals surface area (Å²) in [6.07, 6.45) is -1.20. The molecule has 0 aromatic carbocycles. The highest BCUT2D eigenvalue weighted by Crippen LogP contribution is 2.13. The summed E-state index contributed by atoms with van der Waals surface area (Å²) >= 11 is 0. The van der Waals surface area contributed by atoms with Crippen molar-refractivity contribution in [2.45, 2.75) is 20.8 Å². The third-order valence-corrected chi connectivity index (χ3v) is 1.18. The van der Waals surface area contributed by atoms with E-state index in [2.05, 4.69) is 0 Å². The minimum atomic E-state index is -4.92. The van der Waals surface area contributed by atoms with Crippen LogP contribution in [0.4, 0.5) is 12.9 Å². The van der Waals surface area contributed by atoms with Crippen LogP contribution in [0.25, 0.3) is 0 Å². The zero-order valence-electron chi connectivity index (χ0n) is 7.33. The maximum atomic E-state index is 11.7. The van der Waals surface area contributed by atoms with Gasteiger partial charge < -0.3 is 18.3 Å². The molecule has 0 aliphatic heterocycles. The third-order valence-electron chi connectivity index (χ3n) is 1.18. The van der Waals surface area contributed by atoms with E-state index in [-0.39, 0.29) is 0 Å². The Balaban J connectivity index is 3.90. The first-order valence-corrected chi connectivity index (χ1v) is 3.62. The highest BCUT2D eigenvalue weighted by molar-refractivity contribution is 6.58. The standard InChI is InChI=1S/C6H12BF3NO/c1-6(2,3)5(12)11-4-7(8,9)10/h4H2,1-3H3,(H,11,12)/q-1. The van der Waals surface area contributed by atoms with E-state index in [1.807, 2.05) is 5.32 Å². The number of halogens is 3. The number of rotatable bonds is 2. The number of carbonyl (C=O) groups excluding carboxylic acids is 1. The minimum absolute atomic E-state index is 0.582. The fourth-order valence-corrected chi connectivity index (χ4v) is 0.474. The number of amides is 1. The Morgan fingerprint density at radius 2 is 1.75 bits per heavy atom. The molecule has 0 fully saturated rings. The molecule has 1 amide bonds. The van der Waals surface area contributed by atoms with Gasteiger partial charge in [0.1, 0.15) is 0 Å². The van der Waals surface area contributed by atoms with E-state index < -0.39 is 24.7 Å². The van der Waals surface area contributed by atoms with Crippen molar-refractivity contribution >= 4 is 12.9 Å². The first-order valence-electron chi connectivity index (χ1n) is 3.62. The molecule has 0 spiro atoms. The molecule has 12 heavy (non-hydrogen) atoms. The maximum Gasteiger partial charge on any atom is 0.497 e. The molecule has 0 saturated heterocycles. The van der Waals surface area contributed by atoms with Crippen molar-refractivity contribution < 1.29 is 17.7 Å². The highest BCUT2D eigenvalue weighted by atomic mass is 19.4. The molecule has 0 aliphatic carbocycles. The van der Waals surface area contributed by atoms with Crippen LogP contribution in [0, 0.1) is 5.41 Å². The van der Waals surface area contributed by atoms with Crippen molar-refractivity contribution in [3.63, 3.8) is 0 Å². The van der Waals surface area contributed by atoms with Crippen LogP contribution in [-0.2, 0) is 4.79 Å². The zero-order chi connectivity index (χ0) is 9.99. The first kappa shape index (κ1) is 11.3. The average Bonchev–Trinajstić information content (AvgIpc) is 1.78. The van der Waals surface area contributed by atoms with Gasteiger partial charge in [-0.25, -0.2) is 0 Å². The smallest absolute Gasteiger partial charge is 0.448 e. The van der Waals surface area contributed by atoms with E-state index in [1.165, 1.54) is 0 Å². The summed E-state index contributed by atoms with van der Waals surface area (Å²) in [5.74, 6) is -0.582. The number of hydrogen-bond acceptors (Lipinski definition) is 1. The lowest BCUT2D eigenvalue weighted by atomic mass is 9.90. The summed E-state index contributed by atoms with van der Waals surface area (Å²) in [5, 5.41) is 1.83. The fraction of sp³-hybridized carbons (Fsp3) is 0.833. The Morgan fingerprint density at radius 3 is 2.00 bits per heavy atom. The summed E-state index contributed by atoms with van der Waals surface area (Å²) in [5.41, 5.74) is -0.763. The van der Waals surface area contributed by atoms with Gasteiger partial charge in [-0.2, -0.15) is 0 Å². The zero-order valence-corrected chi connectivity index (χ0v) is 7.33. The first-order chi connectivity index (χ1) is 5.13. The number of carbonyl (C=O) groups is 1. The van der Waals surface area contributed by atoms with Gasteiger partial charge in [-0.05, 0) is 6.44 Å². The molecule has 0 unspecified atom stereocenters. The second kappa shape index (κ2) is 3.37. The Kier molecular flexibility index (Phi) is 3.18. The topological polar surface area (TPSA) is 29.1 Å². The van der Waals surface area contributed by atoms with E-state index in [0.29, 0.717) is 0 Å². The van der Waals surface area contributed by atoms with Crippen molar-refractivity contribution in [1.29, 1.82) is 0 Å². The van der Waals surface area contributed by atoms with Gasteiger partial charge in [-0.1, -0.05) is 20.8 Å². The Morgan fingerprint density at radius 1 is 1.33 bits per heavy atom. The lowest BCUT2D eigenvalue weighted by molar-refractivity contribution is -0.128. The van der Waals surface area contributed by atoms with Crippen LogP contribution in [0.1, 0.15) is 20.8 Å². The van der Waals surface area contributed by atoms with E-state index in [9.17, 15) is 17.7 Å². The van der Waals surface area contributed by atoms with Gasteiger partial charge in [-0.3, -0.25) is 4.79 Å². The molecule has 0 heterocycles. The van der Waals surface area contributed by atoms with E-state index in [1.54, 1.807) is 20.8 Å². The van der Waals surface area contributed by atoms with Crippen molar-refractivity contribution in [2.24, 2.45) is 5.41 Å². The van der Waals surface area contributed by atoms with Crippen LogP contribution in [0.15, 0.2) is 0 Å². The lowest BCUT2D eigenvalue weighted by Gasteiger charge is -2.21. The maximum absolute atomic E-state index is 11.7. The van der Waals surface area contributed by atoms with Gasteiger partial charge in [0.25, 0.3) is 0 Å². The normalized spacial score (nSPS) is 12.8. The average molecular weight is 182 g/mol. The molecule has 0 saturated carbocycles. The van der Waals surface area contributed by atoms with Gasteiger partial charge in [0.15, 0.2) is 0 Å². The largest absolute Gasteiger partial charge is 0.497 e. The van der Waals surface area contributed by atoms with Gasteiger partial charge in [0.05, 0.1) is 0 Å².